The Hall–Kier alpha value is -1.47. The van der Waals surface area contributed by atoms with Crippen molar-refractivity contribution in [2.24, 2.45) is 0 Å². The molecule has 0 radical (unpaired) electrons. The summed E-state index contributed by atoms with van der Waals surface area (Å²) in [5, 5.41) is 3.14. The van der Waals surface area contributed by atoms with Crippen molar-refractivity contribution < 1.29 is 13.2 Å². The SMILES string of the molecule is CCc1cnccc1-c1nc(C(F)(F)F)c(CNC)s1. The van der Waals surface area contributed by atoms with Crippen LogP contribution in [0, 0.1) is 0 Å². The normalized spacial score (nSPS) is 11.8. The third kappa shape index (κ3) is 2.99. The fourth-order valence-electron chi connectivity index (χ4n) is 1.89. The number of aromatic nitrogens is 2. The standard InChI is InChI=1S/C13H14F3N3S/c1-3-8-6-18-5-4-9(8)12-19-11(13(14,15)16)10(20-12)7-17-2/h4-6,17H,3,7H2,1-2H3. The van der Waals surface area contributed by atoms with Gasteiger partial charge in [0.1, 0.15) is 5.01 Å². The highest BCUT2D eigenvalue weighted by Crippen LogP contribution is 2.38. The number of nitrogens with one attached hydrogen (secondary N) is 1. The number of pyridine rings is 1. The summed E-state index contributed by atoms with van der Waals surface area (Å²) in [7, 11) is 1.61. The molecule has 2 aromatic heterocycles. The number of hydrogen-bond acceptors (Lipinski definition) is 4. The summed E-state index contributed by atoms with van der Waals surface area (Å²) in [4.78, 5) is 8.01. The van der Waals surface area contributed by atoms with Gasteiger partial charge in [-0.2, -0.15) is 13.2 Å². The zero-order chi connectivity index (χ0) is 14.8. The predicted octanol–water partition coefficient (Wildman–Crippen LogP) is 3.51. The van der Waals surface area contributed by atoms with Crippen LogP contribution in [0.4, 0.5) is 13.2 Å². The quantitative estimate of drug-likeness (QED) is 0.939. The zero-order valence-electron chi connectivity index (χ0n) is 11.1. The van der Waals surface area contributed by atoms with Gasteiger partial charge in [0.05, 0.1) is 4.88 Å². The lowest BCUT2D eigenvalue weighted by molar-refractivity contribution is -0.141. The minimum absolute atomic E-state index is 0.152. The number of halogens is 3. The van der Waals surface area contributed by atoms with Gasteiger partial charge in [-0.25, -0.2) is 4.98 Å². The maximum absolute atomic E-state index is 13.0. The van der Waals surface area contributed by atoms with Gasteiger partial charge in [-0.1, -0.05) is 6.92 Å². The van der Waals surface area contributed by atoms with E-state index in [0.717, 1.165) is 22.5 Å². The Morgan fingerprint density at radius 3 is 2.70 bits per heavy atom. The first kappa shape index (κ1) is 14.9. The molecule has 0 unspecified atom stereocenters. The van der Waals surface area contributed by atoms with E-state index in [0.29, 0.717) is 11.4 Å². The molecule has 0 aromatic carbocycles. The second-order valence-electron chi connectivity index (χ2n) is 4.21. The van der Waals surface area contributed by atoms with Crippen molar-refractivity contribution in [1.82, 2.24) is 15.3 Å². The third-order valence-corrected chi connectivity index (χ3v) is 3.91. The monoisotopic (exact) mass is 301 g/mol. The summed E-state index contributed by atoms with van der Waals surface area (Å²) in [6.45, 7) is 2.09. The van der Waals surface area contributed by atoms with E-state index in [9.17, 15) is 13.2 Å². The molecule has 0 aliphatic rings. The van der Waals surface area contributed by atoms with Crippen LogP contribution in [0.1, 0.15) is 23.1 Å². The molecule has 2 heterocycles. The molecule has 0 amide bonds. The Morgan fingerprint density at radius 1 is 1.35 bits per heavy atom. The molecule has 0 bridgehead atoms. The Bertz CT molecular complexity index is 593. The molecule has 2 rings (SSSR count). The largest absolute Gasteiger partial charge is 0.434 e. The van der Waals surface area contributed by atoms with Crippen molar-refractivity contribution in [3.63, 3.8) is 0 Å². The van der Waals surface area contributed by atoms with Crippen LogP contribution in [-0.4, -0.2) is 17.0 Å². The predicted molar refractivity (Wildman–Crippen MR) is 72.5 cm³/mol. The second kappa shape index (κ2) is 5.88. The second-order valence-corrected chi connectivity index (χ2v) is 5.29. The van der Waals surface area contributed by atoms with Crippen LogP contribution in [-0.2, 0) is 19.1 Å². The van der Waals surface area contributed by atoms with Gasteiger partial charge in [-0.05, 0) is 25.1 Å². The van der Waals surface area contributed by atoms with Crippen LogP contribution in [0.25, 0.3) is 10.6 Å². The highest BCUT2D eigenvalue weighted by atomic mass is 32.1. The minimum Gasteiger partial charge on any atom is -0.315 e. The molecule has 1 N–H and O–H groups in total. The number of rotatable bonds is 4. The van der Waals surface area contributed by atoms with Crippen LogP contribution in [0.3, 0.4) is 0 Å². The molecule has 0 fully saturated rings. The van der Waals surface area contributed by atoms with Crippen molar-refractivity contribution in [3.05, 3.63) is 34.6 Å². The molecule has 20 heavy (non-hydrogen) atoms. The van der Waals surface area contributed by atoms with Crippen molar-refractivity contribution in [2.45, 2.75) is 26.1 Å². The highest BCUT2D eigenvalue weighted by molar-refractivity contribution is 7.15. The fraction of sp³-hybridized carbons (Fsp3) is 0.385. The van der Waals surface area contributed by atoms with Crippen LogP contribution >= 0.6 is 11.3 Å². The van der Waals surface area contributed by atoms with E-state index in [4.69, 9.17) is 0 Å². The van der Waals surface area contributed by atoms with E-state index in [-0.39, 0.29) is 11.4 Å². The van der Waals surface area contributed by atoms with E-state index in [1.54, 1.807) is 25.5 Å². The number of alkyl halides is 3. The average molecular weight is 301 g/mol. The summed E-state index contributed by atoms with van der Waals surface area (Å²) in [5.41, 5.74) is 0.817. The van der Waals surface area contributed by atoms with Crippen LogP contribution in [0.2, 0.25) is 0 Å². The first-order valence-electron chi connectivity index (χ1n) is 6.12. The van der Waals surface area contributed by atoms with Gasteiger partial charge in [0, 0.05) is 24.5 Å². The van der Waals surface area contributed by atoms with Crippen LogP contribution in [0.15, 0.2) is 18.5 Å². The molecule has 0 aliphatic carbocycles. The van der Waals surface area contributed by atoms with E-state index in [1.807, 2.05) is 6.92 Å². The molecule has 0 spiro atoms. The van der Waals surface area contributed by atoms with Crippen LogP contribution < -0.4 is 5.32 Å². The summed E-state index contributed by atoms with van der Waals surface area (Å²) < 4.78 is 39.0. The van der Waals surface area contributed by atoms with Crippen molar-refractivity contribution in [2.75, 3.05) is 7.05 Å². The van der Waals surface area contributed by atoms with Crippen molar-refractivity contribution in [1.29, 1.82) is 0 Å². The third-order valence-electron chi connectivity index (χ3n) is 2.82. The molecule has 108 valence electrons. The Labute approximate surface area is 118 Å². The molecular formula is C13H14F3N3S. The van der Waals surface area contributed by atoms with E-state index < -0.39 is 11.9 Å². The van der Waals surface area contributed by atoms with Gasteiger partial charge >= 0.3 is 6.18 Å². The van der Waals surface area contributed by atoms with E-state index >= 15 is 0 Å². The van der Waals surface area contributed by atoms with Gasteiger partial charge < -0.3 is 5.32 Å². The summed E-state index contributed by atoms with van der Waals surface area (Å²) in [6.07, 6.45) is -0.492. The minimum atomic E-state index is -4.43. The lowest BCUT2D eigenvalue weighted by Gasteiger charge is -2.05. The maximum atomic E-state index is 13.0. The molecule has 0 aliphatic heterocycles. The first-order chi connectivity index (χ1) is 9.47. The molecule has 3 nitrogen and oxygen atoms in total. The maximum Gasteiger partial charge on any atom is 0.434 e. The molecular weight excluding hydrogens is 287 g/mol. The van der Waals surface area contributed by atoms with Gasteiger partial charge in [-0.3, -0.25) is 4.98 Å². The molecule has 0 saturated heterocycles. The highest BCUT2D eigenvalue weighted by Gasteiger charge is 2.37. The Balaban J connectivity index is 2.53. The first-order valence-corrected chi connectivity index (χ1v) is 6.93. The summed E-state index contributed by atoms with van der Waals surface area (Å²) in [6, 6.07) is 1.71. The zero-order valence-corrected chi connectivity index (χ0v) is 11.9. The summed E-state index contributed by atoms with van der Waals surface area (Å²) in [5.74, 6) is 0. The molecule has 2 aromatic rings. The Morgan fingerprint density at radius 2 is 2.10 bits per heavy atom. The average Bonchev–Trinajstić information content (AvgIpc) is 2.83. The molecule has 0 saturated carbocycles. The molecule has 0 atom stereocenters. The number of hydrogen-bond donors (Lipinski definition) is 1. The number of thiazole rings is 1. The van der Waals surface area contributed by atoms with Gasteiger partial charge in [0.15, 0.2) is 5.69 Å². The lowest BCUT2D eigenvalue weighted by Crippen LogP contribution is -2.12. The van der Waals surface area contributed by atoms with Gasteiger partial charge in [0.2, 0.25) is 0 Å². The Kier molecular flexibility index (Phi) is 4.39. The summed E-state index contributed by atoms with van der Waals surface area (Å²) >= 11 is 1.07. The lowest BCUT2D eigenvalue weighted by atomic mass is 10.1. The van der Waals surface area contributed by atoms with E-state index in [2.05, 4.69) is 15.3 Å². The smallest absolute Gasteiger partial charge is 0.315 e. The number of aryl methyl sites for hydroxylation is 1. The number of nitrogens with zero attached hydrogens (tertiary/aromatic N) is 2. The van der Waals surface area contributed by atoms with E-state index in [1.165, 1.54) is 0 Å². The fourth-order valence-corrected chi connectivity index (χ4v) is 3.04. The topological polar surface area (TPSA) is 37.8 Å². The van der Waals surface area contributed by atoms with Crippen LogP contribution in [0.5, 0.6) is 0 Å². The van der Waals surface area contributed by atoms with Gasteiger partial charge in [0.25, 0.3) is 0 Å². The van der Waals surface area contributed by atoms with Gasteiger partial charge in [-0.15, -0.1) is 11.3 Å². The van der Waals surface area contributed by atoms with Crippen molar-refractivity contribution >= 4 is 11.3 Å². The molecule has 7 heteroatoms. The van der Waals surface area contributed by atoms with Crippen molar-refractivity contribution in [3.8, 4) is 10.6 Å².